The van der Waals surface area contributed by atoms with E-state index >= 15 is 0 Å². The van der Waals surface area contributed by atoms with Gasteiger partial charge in [0.2, 0.25) is 10.0 Å². The first-order chi connectivity index (χ1) is 9.00. The lowest BCUT2D eigenvalue weighted by Gasteiger charge is -2.24. The Bertz CT molecular complexity index is 572. The molecule has 1 aliphatic carbocycles. The highest BCUT2D eigenvalue weighted by molar-refractivity contribution is 7.89. The Morgan fingerprint density at radius 2 is 2.21 bits per heavy atom. The van der Waals surface area contributed by atoms with E-state index < -0.39 is 10.0 Å². The van der Waals surface area contributed by atoms with Crippen LogP contribution < -0.4 is 0 Å². The van der Waals surface area contributed by atoms with E-state index in [1.54, 1.807) is 7.05 Å². The van der Waals surface area contributed by atoms with Gasteiger partial charge in [-0.15, -0.1) is 0 Å². The van der Waals surface area contributed by atoms with Gasteiger partial charge in [-0.05, 0) is 31.2 Å². The third-order valence-corrected chi connectivity index (χ3v) is 5.28. The lowest BCUT2D eigenvalue weighted by atomic mass is 9.95. The zero-order valence-corrected chi connectivity index (χ0v) is 12.4. The minimum absolute atomic E-state index is 0.147. The van der Waals surface area contributed by atoms with Crippen LogP contribution in [0.3, 0.4) is 0 Å². The number of halogens is 1. The van der Waals surface area contributed by atoms with Gasteiger partial charge in [0, 0.05) is 26.0 Å². The summed E-state index contributed by atoms with van der Waals surface area (Å²) in [4.78, 5) is 3.98. The number of rotatable bonds is 4. The summed E-state index contributed by atoms with van der Waals surface area (Å²) >= 11 is 5.79. The average molecular weight is 301 g/mol. The molecule has 1 unspecified atom stereocenters. The minimum atomic E-state index is -3.50. The number of nitrogens with zero attached hydrogens (tertiary/aromatic N) is 2. The van der Waals surface area contributed by atoms with Crippen LogP contribution in [-0.2, 0) is 10.0 Å². The molecule has 1 atom stereocenters. The molecule has 6 heteroatoms. The molecule has 104 valence electrons. The first-order valence-electron chi connectivity index (χ1n) is 6.22. The third kappa shape index (κ3) is 3.55. The molecule has 0 aliphatic heterocycles. The van der Waals surface area contributed by atoms with Gasteiger partial charge in [0.05, 0.1) is 5.02 Å². The summed E-state index contributed by atoms with van der Waals surface area (Å²) in [5.74, 6) is 0.386. The van der Waals surface area contributed by atoms with Crippen molar-refractivity contribution in [1.29, 1.82) is 0 Å². The molecule has 1 aromatic rings. The second kappa shape index (κ2) is 6.03. The number of allylic oxidation sites excluding steroid dienone is 2. The molecule has 0 N–H and O–H groups in total. The minimum Gasteiger partial charge on any atom is -0.262 e. The fourth-order valence-corrected chi connectivity index (χ4v) is 3.67. The topological polar surface area (TPSA) is 50.3 Å². The van der Waals surface area contributed by atoms with Crippen LogP contribution in [0, 0.1) is 5.92 Å². The number of pyridine rings is 1. The Balaban J connectivity index is 2.12. The van der Waals surface area contributed by atoms with Crippen molar-refractivity contribution in [3.05, 3.63) is 35.6 Å². The molecule has 0 fully saturated rings. The maximum atomic E-state index is 12.4. The van der Waals surface area contributed by atoms with E-state index in [4.69, 9.17) is 11.6 Å². The van der Waals surface area contributed by atoms with Gasteiger partial charge in [0.25, 0.3) is 0 Å². The van der Waals surface area contributed by atoms with E-state index in [0.29, 0.717) is 17.5 Å². The summed E-state index contributed by atoms with van der Waals surface area (Å²) < 4.78 is 26.1. The smallest absolute Gasteiger partial charge is 0.244 e. The van der Waals surface area contributed by atoms with E-state index in [1.807, 2.05) is 0 Å². The number of hydrogen-bond acceptors (Lipinski definition) is 3. The molecule has 2 rings (SSSR count). The van der Waals surface area contributed by atoms with E-state index in [9.17, 15) is 8.42 Å². The van der Waals surface area contributed by atoms with Crippen molar-refractivity contribution >= 4 is 21.6 Å². The quantitative estimate of drug-likeness (QED) is 0.803. The molecule has 0 spiro atoms. The molecule has 0 aromatic carbocycles. The summed E-state index contributed by atoms with van der Waals surface area (Å²) in [5.41, 5.74) is 0. The molecule has 0 bridgehead atoms. The predicted molar refractivity (Wildman–Crippen MR) is 75.5 cm³/mol. The van der Waals surface area contributed by atoms with E-state index in [-0.39, 0.29) is 4.90 Å². The van der Waals surface area contributed by atoms with Crippen molar-refractivity contribution in [3.63, 3.8) is 0 Å². The molecular weight excluding hydrogens is 284 g/mol. The second-order valence-electron chi connectivity index (χ2n) is 4.77. The fraction of sp³-hybridized carbons (Fsp3) is 0.462. The molecule has 19 heavy (non-hydrogen) atoms. The van der Waals surface area contributed by atoms with Crippen LogP contribution in [0.2, 0.25) is 5.02 Å². The average Bonchev–Trinajstić information content (AvgIpc) is 2.40. The largest absolute Gasteiger partial charge is 0.262 e. The first-order valence-corrected chi connectivity index (χ1v) is 8.04. The van der Waals surface area contributed by atoms with Crippen LogP contribution >= 0.6 is 11.6 Å². The molecular formula is C13H17ClN2O2S. The lowest BCUT2D eigenvalue weighted by Crippen LogP contribution is -2.32. The Kier molecular flexibility index (Phi) is 4.60. The van der Waals surface area contributed by atoms with E-state index in [2.05, 4.69) is 17.1 Å². The van der Waals surface area contributed by atoms with Gasteiger partial charge in [-0.3, -0.25) is 4.98 Å². The Hall–Kier alpha value is -0.910. The van der Waals surface area contributed by atoms with Crippen LogP contribution in [0.4, 0.5) is 0 Å². The Morgan fingerprint density at radius 1 is 1.42 bits per heavy atom. The van der Waals surface area contributed by atoms with Crippen molar-refractivity contribution in [3.8, 4) is 0 Å². The monoisotopic (exact) mass is 300 g/mol. The highest BCUT2D eigenvalue weighted by atomic mass is 35.5. The Labute approximate surface area is 119 Å². The second-order valence-corrected chi connectivity index (χ2v) is 7.26. The summed E-state index contributed by atoms with van der Waals surface area (Å²) in [5, 5.41) is 0.329. The van der Waals surface area contributed by atoms with Crippen LogP contribution in [0.5, 0.6) is 0 Å². The van der Waals surface area contributed by atoms with E-state index in [0.717, 1.165) is 19.3 Å². The van der Waals surface area contributed by atoms with Crippen molar-refractivity contribution in [1.82, 2.24) is 9.29 Å². The summed E-state index contributed by atoms with van der Waals surface area (Å²) in [6.07, 6.45) is 10.0. The Morgan fingerprint density at radius 3 is 2.84 bits per heavy atom. The molecule has 0 saturated carbocycles. The summed E-state index contributed by atoms with van der Waals surface area (Å²) in [6, 6.07) is 1.43. The summed E-state index contributed by atoms with van der Waals surface area (Å²) in [7, 11) is -1.89. The highest BCUT2D eigenvalue weighted by Crippen LogP contribution is 2.23. The molecule has 0 amide bonds. The first kappa shape index (κ1) is 14.5. The van der Waals surface area contributed by atoms with Crippen molar-refractivity contribution in [2.75, 3.05) is 13.6 Å². The van der Waals surface area contributed by atoms with Gasteiger partial charge in [-0.2, -0.15) is 0 Å². The number of hydrogen-bond donors (Lipinski definition) is 0. The standard InChI is InChI=1S/C13H17ClN2O2S/c1-16(10-11-5-3-2-4-6-11)19(17,18)13-7-12(14)8-15-9-13/h2-3,7-9,11H,4-6,10H2,1H3. The SMILES string of the molecule is CN(CC1CC=CCC1)S(=O)(=O)c1cncc(Cl)c1. The zero-order chi connectivity index (χ0) is 13.9. The maximum absolute atomic E-state index is 12.4. The molecule has 1 aliphatic rings. The van der Waals surface area contributed by atoms with Crippen molar-refractivity contribution in [2.45, 2.75) is 24.2 Å². The van der Waals surface area contributed by atoms with Gasteiger partial charge < -0.3 is 0 Å². The number of sulfonamides is 1. The zero-order valence-electron chi connectivity index (χ0n) is 10.8. The third-order valence-electron chi connectivity index (χ3n) is 3.28. The van der Waals surface area contributed by atoms with Crippen LogP contribution in [0.1, 0.15) is 19.3 Å². The molecule has 0 saturated heterocycles. The summed E-state index contributed by atoms with van der Waals surface area (Å²) in [6.45, 7) is 0.527. The highest BCUT2D eigenvalue weighted by Gasteiger charge is 2.24. The van der Waals surface area contributed by atoms with Crippen molar-refractivity contribution < 1.29 is 8.42 Å². The molecule has 1 heterocycles. The predicted octanol–water partition coefficient (Wildman–Crippen LogP) is 2.71. The van der Waals surface area contributed by atoms with Gasteiger partial charge in [-0.1, -0.05) is 23.8 Å². The van der Waals surface area contributed by atoms with Gasteiger partial charge in [0.1, 0.15) is 4.90 Å². The fourth-order valence-electron chi connectivity index (χ4n) is 2.20. The van der Waals surface area contributed by atoms with Gasteiger partial charge in [-0.25, -0.2) is 12.7 Å². The van der Waals surface area contributed by atoms with Crippen LogP contribution in [-0.4, -0.2) is 31.3 Å². The van der Waals surface area contributed by atoms with Gasteiger partial charge in [0.15, 0.2) is 0 Å². The van der Waals surface area contributed by atoms with Crippen LogP contribution in [0.15, 0.2) is 35.5 Å². The normalized spacial score (nSPS) is 19.8. The van der Waals surface area contributed by atoms with Gasteiger partial charge >= 0.3 is 0 Å². The van der Waals surface area contributed by atoms with Crippen molar-refractivity contribution in [2.24, 2.45) is 5.92 Å². The molecule has 0 radical (unpaired) electrons. The lowest BCUT2D eigenvalue weighted by molar-refractivity contribution is 0.362. The maximum Gasteiger partial charge on any atom is 0.244 e. The van der Waals surface area contributed by atoms with Crippen LogP contribution in [0.25, 0.3) is 0 Å². The molecule has 4 nitrogen and oxygen atoms in total. The van der Waals surface area contributed by atoms with E-state index in [1.165, 1.54) is 22.8 Å². The number of aromatic nitrogens is 1. The molecule has 1 aromatic heterocycles.